The van der Waals surface area contributed by atoms with Gasteiger partial charge in [-0.25, -0.2) is 4.79 Å². The van der Waals surface area contributed by atoms with Crippen LogP contribution in [0.2, 0.25) is 0 Å². The second kappa shape index (κ2) is 8.67. The lowest BCUT2D eigenvalue weighted by Gasteiger charge is -2.40. The van der Waals surface area contributed by atoms with Crippen LogP contribution >= 0.6 is 0 Å². The van der Waals surface area contributed by atoms with Crippen molar-refractivity contribution >= 4 is 24.0 Å². The van der Waals surface area contributed by atoms with Crippen molar-refractivity contribution in [3.8, 4) is 5.75 Å². The number of carbonyl (C=O) groups is 3. The van der Waals surface area contributed by atoms with E-state index in [0.717, 1.165) is 23.2 Å². The minimum absolute atomic E-state index is 0.135. The maximum Gasteiger partial charge on any atom is 0.342 e. The fourth-order valence-electron chi connectivity index (χ4n) is 4.56. The molecule has 0 aliphatic carbocycles. The van der Waals surface area contributed by atoms with Crippen LogP contribution in [0.4, 0.5) is 0 Å². The number of hydrogen-bond acceptors (Lipinski definition) is 6. The molecule has 7 nitrogen and oxygen atoms in total. The SMILES string of the molecule is C=Cc1c(C)c2c(c(OC(C)=O)c1CC=C1CCNC[C@@]1(C)C(C)C(=O)O)C(=O)OC2. The van der Waals surface area contributed by atoms with Gasteiger partial charge in [0.2, 0.25) is 0 Å². The number of carbonyl (C=O) groups excluding carboxylic acids is 2. The van der Waals surface area contributed by atoms with E-state index in [-0.39, 0.29) is 12.4 Å². The highest BCUT2D eigenvalue weighted by Gasteiger charge is 2.40. The molecule has 0 spiro atoms. The summed E-state index contributed by atoms with van der Waals surface area (Å²) in [4.78, 5) is 36.0. The number of nitrogens with one attached hydrogen (secondary N) is 1. The van der Waals surface area contributed by atoms with Gasteiger partial charge in [-0.15, -0.1) is 0 Å². The molecule has 1 fully saturated rings. The highest BCUT2D eigenvalue weighted by Crippen LogP contribution is 2.42. The van der Waals surface area contributed by atoms with Gasteiger partial charge in [0.15, 0.2) is 0 Å². The maximum absolute atomic E-state index is 12.4. The van der Waals surface area contributed by atoms with Gasteiger partial charge < -0.3 is 19.9 Å². The van der Waals surface area contributed by atoms with E-state index in [9.17, 15) is 19.5 Å². The standard InChI is InChI=1S/C24H29NO6/c1-6-17-13(2)19-11-30-23(29)20(19)21(31-15(4)26)18(17)8-7-16-9-10-25-12-24(16,5)14(3)22(27)28/h6-7,14,25H,1,8-12H2,2-5H3,(H,27,28)/t14?,24-/m0/s1. The first-order chi connectivity index (χ1) is 14.6. The molecule has 1 unspecified atom stereocenters. The van der Waals surface area contributed by atoms with E-state index in [2.05, 4.69) is 11.9 Å². The molecule has 2 heterocycles. The minimum atomic E-state index is -0.847. The molecule has 1 aromatic carbocycles. The van der Waals surface area contributed by atoms with Crippen molar-refractivity contribution in [1.82, 2.24) is 5.32 Å². The molecule has 3 rings (SSSR count). The third kappa shape index (κ3) is 4.02. The second-order valence-corrected chi connectivity index (χ2v) is 8.41. The molecule has 0 saturated carbocycles. The van der Waals surface area contributed by atoms with Gasteiger partial charge in [-0.1, -0.05) is 38.2 Å². The summed E-state index contributed by atoms with van der Waals surface area (Å²) in [6.45, 7) is 12.2. The fourth-order valence-corrected chi connectivity index (χ4v) is 4.56. The Balaban J connectivity index is 2.14. The number of ether oxygens (including phenoxy) is 2. The van der Waals surface area contributed by atoms with Gasteiger partial charge in [0.05, 0.1) is 5.92 Å². The second-order valence-electron chi connectivity index (χ2n) is 8.41. The average molecular weight is 427 g/mol. The van der Waals surface area contributed by atoms with E-state index in [1.165, 1.54) is 6.92 Å². The number of piperidine rings is 1. The number of cyclic esters (lactones) is 1. The lowest BCUT2D eigenvalue weighted by molar-refractivity contribution is -0.144. The molecule has 2 N–H and O–H groups in total. The number of benzene rings is 1. The van der Waals surface area contributed by atoms with Crippen molar-refractivity contribution in [2.24, 2.45) is 11.3 Å². The van der Waals surface area contributed by atoms with Gasteiger partial charge in [0.25, 0.3) is 0 Å². The van der Waals surface area contributed by atoms with Crippen LogP contribution in [-0.2, 0) is 27.4 Å². The van der Waals surface area contributed by atoms with Crippen molar-refractivity contribution < 1.29 is 29.0 Å². The fraction of sp³-hybridized carbons (Fsp3) is 0.458. The molecule has 7 heteroatoms. The largest absolute Gasteiger partial charge is 0.481 e. The summed E-state index contributed by atoms with van der Waals surface area (Å²) >= 11 is 0. The van der Waals surface area contributed by atoms with Gasteiger partial charge in [-0.3, -0.25) is 9.59 Å². The van der Waals surface area contributed by atoms with Crippen LogP contribution in [0, 0.1) is 18.3 Å². The predicted octanol–water partition coefficient (Wildman–Crippen LogP) is 3.42. The number of allylic oxidation sites excluding steroid dienone is 1. The smallest absolute Gasteiger partial charge is 0.342 e. The highest BCUT2D eigenvalue weighted by atomic mass is 16.6. The maximum atomic E-state index is 12.4. The number of carboxylic acid groups (broad SMARTS) is 1. The summed E-state index contributed by atoms with van der Waals surface area (Å²) in [6.07, 6.45) is 4.80. The summed E-state index contributed by atoms with van der Waals surface area (Å²) in [7, 11) is 0. The van der Waals surface area contributed by atoms with Crippen molar-refractivity contribution in [1.29, 1.82) is 0 Å². The number of esters is 2. The molecule has 2 aliphatic rings. The molecule has 1 aromatic rings. The molecule has 31 heavy (non-hydrogen) atoms. The van der Waals surface area contributed by atoms with Gasteiger partial charge >= 0.3 is 17.9 Å². The molecule has 1 saturated heterocycles. The zero-order chi connectivity index (χ0) is 22.9. The zero-order valence-corrected chi connectivity index (χ0v) is 18.5. The molecular formula is C24H29NO6. The van der Waals surface area contributed by atoms with Crippen LogP contribution in [0.5, 0.6) is 5.75 Å². The zero-order valence-electron chi connectivity index (χ0n) is 18.5. The van der Waals surface area contributed by atoms with Crippen LogP contribution in [0.1, 0.15) is 59.8 Å². The monoisotopic (exact) mass is 427 g/mol. The first-order valence-electron chi connectivity index (χ1n) is 10.4. The summed E-state index contributed by atoms with van der Waals surface area (Å²) in [5.41, 5.74) is 3.82. The summed E-state index contributed by atoms with van der Waals surface area (Å²) < 4.78 is 10.7. The van der Waals surface area contributed by atoms with Crippen LogP contribution in [0.15, 0.2) is 18.2 Å². The van der Waals surface area contributed by atoms with Crippen LogP contribution < -0.4 is 10.1 Å². The Morgan fingerprint density at radius 3 is 2.74 bits per heavy atom. The third-order valence-electron chi connectivity index (χ3n) is 6.66. The van der Waals surface area contributed by atoms with Gasteiger partial charge in [0.1, 0.15) is 17.9 Å². The van der Waals surface area contributed by atoms with Crippen molar-refractivity contribution in [2.75, 3.05) is 13.1 Å². The molecule has 0 amide bonds. The number of fused-ring (bicyclic) bond motifs is 1. The number of aliphatic carboxylic acids is 1. The molecule has 0 radical (unpaired) electrons. The molecule has 2 aliphatic heterocycles. The Hall–Kier alpha value is -2.93. The van der Waals surface area contributed by atoms with Crippen molar-refractivity contribution in [3.63, 3.8) is 0 Å². The molecule has 2 atom stereocenters. The van der Waals surface area contributed by atoms with E-state index < -0.39 is 29.2 Å². The Kier molecular flexibility index (Phi) is 6.36. The summed E-state index contributed by atoms with van der Waals surface area (Å²) in [5.74, 6) is -2.24. The lowest BCUT2D eigenvalue weighted by atomic mass is 9.68. The average Bonchev–Trinajstić information content (AvgIpc) is 3.10. The molecule has 0 bridgehead atoms. The summed E-state index contributed by atoms with van der Waals surface area (Å²) in [5, 5.41) is 12.9. The van der Waals surface area contributed by atoms with Crippen LogP contribution in [0.3, 0.4) is 0 Å². The van der Waals surface area contributed by atoms with Crippen LogP contribution in [-0.4, -0.2) is 36.1 Å². The Bertz CT molecular complexity index is 993. The van der Waals surface area contributed by atoms with Gasteiger partial charge in [0, 0.05) is 30.0 Å². The molecular weight excluding hydrogens is 398 g/mol. The van der Waals surface area contributed by atoms with Gasteiger partial charge in [-0.05, 0) is 37.4 Å². The van der Waals surface area contributed by atoms with E-state index in [1.54, 1.807) is 13.0 Å². The van der Waals surface area contributed by atoms with Crippen LogP contribution in [0.25, 0.3) is 6.08 Å². The molecule has 0 aromatic heterocycles. The third-order valence-corrected chi connectivity index (χ3v) is 6.66. The number of hydrogen-bond donors (Lipinski definition) is 2. The predicted molar refractivity (Wildman–Crippen MR) is 116 cm³/mol. The van der Waals surface area contributed by atoms with E-state index >= 15 is 0 Å². The normalized spacial score (nSPS) is 22.6. The Labute approximate surface area is 182 Å². The first kappa shape index (κ1) is 22.7. The topological polar surface area (TPSA) is 102 Å². The van der Waals surface area contributed by atoms with Gasteiger partial charge in [-0.2, -0.15) is 0 Å². The lowest BCUT2D eigenvalue weighted by Crippen LogP contribution is -2.46. The Morgan fingerprint density at radius 2 is 2.13 bits per heavy atom. The van der Waals surface area contributed by atoms with Crippen molar-refractivity contribution in [3.05, 3.63) is 46.0 Å². The highest BCUT2D eigenvalue weighted by molar-refractivity contribution is 5.99. The minimum Gasteiger partial charge on any atom is -0.481 e. The van der Waals surface area contributed by atoms with E-state index in [1.807, 2.05) is 19.9 Å². The Morgan fingerprint density at radius 1 is 1.42 bits per heavy atom. The van der Waals surface area contributed by atoms with E-state index in [4.69, 9.17) is 9.47 Å². The quantitative estimate of drug-likeness (QED) is 0.407. The number of carboxylic acids is 1. The number of rotatable bonds is 6. The van der Waals surface area contributed by atoms with Crippen molar-refractivity contribution in [2.45, 2.75) is 47.1 Å². The molecule has 166 valence electrons. The first-order valence-corrected chi connectivity index (χ1v) is 10.4. The summed E-state index contributed by atoms with van der Waals surface area (Å²) in [6, 6.07) is 0. The van der Waals surface area contributed by atoms with E-state index in [0.29, 0.717) is 36.1 Å².